The maximum absolute atomic E-state index is 5.97. The average Bonchev–Trinajstić information content (AvgIpc) is 2.99. The summed E-state index contributed by atoms with van der Waals surface area (Å²) in [4.78, 5) is 16.0. The SMILES string of the molecule is Clc1nc(NCc2cccs2)nc(N2CCOCC2)n1. The lowest BCUT2D eigenvalue weighted by Gasteiger charge is -2.26. The Labute approximate surface area is 125 Å². The Hall–Kier alpha value is -1.44. The predicted octanol–water partition coefficient (Wildman–Crippen LogP) is 2.04. The molecule has 0 saturated carbocycles. The number of halogens is 1. The molecule has 0 radical (unpaired) electrons. The van der Waals surface area contributed by atoms with Gasteiger partial charge in [-0.05, 0) is 23.0 Å². The first-order chi connectivity index (χ1) is 9.81. The molecule has 106 valence electrons. The van der Waals surface area contributed by atoms with Gasteiger partial charge >= 0.3 is 0 Å². The van der Waals surface area contributed by atoms with E-state index in [0.717, 1.165) is 13.1 Å². The zero-order valence-electron chi connectivity index (χ0n) is 10.8. The fourth-order valence-electron chi connectivity index (χ4n) is 1.90. The van der Waals surface area contributed by atoms with Gasteiger partial charge in [0.2, 0.25) is 17.2 Å². The predicted molar refractivity (Wildman–Crippen MR) is 79.5 cm³/mol. The number of ether oxygens (including phenoxy) is 1. The molecule has 6 nitrogen and oxygen atoms in total. The molecule has 2 aromatic rings. The van der Waals surface area contributed by atoms with Crippen LogP contribution in [0.25, 0.3) is 0 Å². The van der Waals surface area contributed by atoms with E-state index in [1.54, 1.807) is 11.3 Å². The summed E-state index contributed by atoms with van der Waals surface area (Å²) in [5.74, 6) is 1.10. The van der Waals surface area contributed by atoms with Gasteiger partial charge < -0.3 is 15.0 Å². The minimum absolute atomic E-state index is 0.204. The Bertz CT molecular complexity index is 559. The summed E-state index contributed by atoms with van der Waals surface area (Å²) in [6.45, 7) is 3.58. The van der Waals surface area contributed by atoms with Gasteiger partial charge in [0.25, 0.3) is 0 Å². The summed E-state index contributed by atoms with van der Waals surface area (Å²) in [6, 6.07) is 4.07. The van der Waals surface area contributed by atoms with Gasteiger partial charge in [-0.25, -0.2) is 0 Å². The maximum atomic E-state index is 5.97. The summed E-state index contributed by atoms with van der Waals surface area (Å²) in [7, 11) is 0. The van der Waals surface area contributed by atoms with Crippen molar-refractivity contribution in [2.24, 2.45) is 0 Å². The smallest absolute Gasteiger partial charge is 0.231 e. The second-order valence-corrected chi connectivity index (χ2v) is 5.63. The van der Waals surface area contributed by atoms with Gasteiger partial charge in [-0.2, -0.15) is 15.0 Å². The van der Waals surface area contributed by atoms with Crippen LogP contribution in [-0.2, 0) is 11.3 Å². The lowest BCUT2D eigenvalue weighted by Crippen LogP contribution is -2.37. The molecule has 2 aromatic heterocycles. The van der Waals surface area contributed by atoms with E-state index < -0.39 is 0 Å². The highest BCUT2D eigenvalue weighted by Crippen LogP contribution is 2.16. The molecule has 20 heavy (non-hydrogen) atoms. The Morgan fingerprint density at radius 2 is 2.15 bits per heavy atom. The fourth-order valence-corrected chi connectivity index (χ4v) is 2.70. The monoisotopic (exact) mass is 311 g/mol. The van der Waals surface area contributed by atoms with Gasteiger partial charge in [0.15, 0.2) is 0 Å². The Balaban J connectivity index is 1.72. The first-order valence-electron chi connectivity index (χ1n) is 6.32. The number of hydrogen-bond donors (Lipinski definition) is 1. The molecule has 3 heterocycles. The second-order valence-electron chi connectivity index (χ2n) is 4.26. The van der Waals surface area contributed by atoms with Crippen LogP contribution in [0.1, 0.15) is 4.88 Å². The fraction of sp³-hybridized carbons (Fsp3) is 0.417. The van der Waals surface area contributed by atoms with E-state index in [1.807, 2.05) is 16.3 Å². The van der Waals surface area contributed by atoms with Gasteiger partial charge in [-0.1, -0.05) is 6.07 Å². The standard InChI is InChI=1S/C12H14ClN5OS/c13-10-15-11(14-8-9-2-1-7-20-9)17-12(16-10)18-3-5-19-6-4-18/h1-2,7H,3-6,8H2,(H,14,15,16,17). The van der Waals surface area contributed by atoms with E-state index in [9.17, 15) is 0 Å². The van der Waals surface area contributed by atoms with Crippen molar-refractivity contribution in [3.8, 4) is 0 Å². The van der Waals surface area contributed by atoms with Crippen molar-refractivity contribution in [3.05, 3.63) is 27.7 Å². The van der Waals surface area contributed by atoms with Crippen LogP contribution < -0.4 is 10.2 Å². The number of nitrogens with one attached hydrogen (secondary N) is 1. The van der Waals surface area contributed by atoms with Crippen LogP contribution in [0, 0.1) is 0 Å². The third kappa shape index (κ3) is 3.36. The number of morpholine rings is 1. The Morgan fingerprint density at radius 3 is 2.90 bits per heavy atom. The molecule has 0 unspecified atom stereocenters. The van der Waals surface area contributed by atoms with Gasteiger partial charge in [-0.15, -0.1) is 11.3 Å². The minimum Gasteiger partial charge on any atom is -0.378 e. The van der Waals surface area contributed by atoms with Crippen molar-refractivity contribution < 1.29 is 4.74 Å². The Morgan fingerprint density at radius 1 is 1.30 bits per heavy atom. The van der Waals surface area contributed by atoms with Crippen molar-refractivity contribution in [2.75, 3.05) is 36.5 Å². The molecule has 1 aliphatic rings. The van der Waals surface area contributed by atoms with Crippen molar-refractivity contribution in [1.82, 2.24) is 15.0 Å². The number of nitrogens with zero attached hydrogens (tertiary/aromatic N) is 4. The van der Waals surface area contributed by atoms with Crippen LogP contribution in [0.2, 0.25) is 5.28 Å². The zero-order chi connectivity index (χ0) is 13.8. The normalized spacial score (nSPS) is 15.3. The molecule has 0 amide bonds. The largest absolute Gasteiger partial charge is 0.378 e. The summed E-state index contributed by atoms with van der Waals surface area (Å²) in [5.41, 5.74) is 0. The Kier molecular flexibility index (Phi) is 4.29. The van der Waals surface area contributed by atoms with Crippen LogP contribution >= 0.6 is 22.9 Å². The van der Waals surface area contributed by atoms with E-state index in [-0.39, 0.29) is 5.28 Å². The average molecular weight is 312 g/mol. The highest BCUT2D eigenvalue weighted by Gasteiger charge is 2.16. The molecule has 3 rings (SSSR count). The summed E-state index contributed by atoms with van der Waals surface area (Å²) >= 11 is 7.66. The summed E-state index contributed by atoms with van der Waals surface area (Å²) < 4.78 is 5.32. The van der Waals surface area contributed by atoms with Crippen molar-refractivity contribution in [2.45, 2.75) is 6.54 Å². The van der Waals surface area contributed by atoms with Crippen LogP contribution in [-0.4, -0.2) is 41.3 Å². The number of thiophene rings is 1. The van der Waals surface area contributed by atoms with Crippen LogP contribution in [0.4, 0.5) is 11.9 Å². The van der Waals surface area contributed by atoms with Crippen molar-refractivity contribution in [3.63, 3.8) is 0 Å². The first-order valence-corrected chi connectivity index (χ1v) is 7.57. The quantitative estimate of drug-likeness (QED) is 0.932. The molecule has 1 saturated heterocycles. The molecule has 8 heteroatoms. The molecule has 1 N–H and O–H groups in total. The molecule has 0 aliphatic carbocycles. The van der Waals surface area contributed by atoms with Crippen molar-refractivity contribution in [1.29, 1.82) is 0 Å². The summed E-state index contributed by atoms with van der Waals surface area (Å²) in [5, 5.41) is 5.42. The minimum atomic E-state index is 0.204. The number of anilines is 2. The second kappa shape index (κ2) is 6.34. The highest BCUT2D eigenvalue weighted by atomic mass is 35.5. The molecule has 0 aromatic carbocycles. The lowest BCUT2D eigenvalue weighted by molar-refractivity contribution is 0.122. The van der Waals surface area contributed by atoms with Gasteiger partial charge in [0.1, 0.15) is 0 Å². The van der Waals surface area contributed by atoms with E-state index in [4.69, 9.17) is 16.3 Å². The number of aromatic nitrogens is 3. The van der Waals surface area contributed by atoms with Gasteiger partial charge in [0, 0.05) is 18.0 Å². The van der Waals surface area contributed by atoms with E-state index in [2.05, 4.69) is 26.3 Å². The maximum Gasteiger partial charge on any atom is 0.231 e. The summed E-state index contributed by atoms with van der Waals surface area (Å²) in [6.07, 6.45) is 0. The van der Waals surface area contributed by atoms with E-state index >= 15 is 0 Å². The van der Waals surface area contributed by atoms with Gasteiger partial charge in [-0.3, -0.25) is 0 Å². The number of hydrogen-bond acceptors (Lipinski definition) is 7. The molecule has 0 spiro atoms. The van der Waals surface area contributed by atoms with Gasteiger partial charge in [0.05, 0.1) is 19.8 Å². The molecule has 1 fully saturated rings. The third-order valence-corrected chi connectivity index (χ3v) is 3.94. The molecule has 0 bridgehead atoms. The molecular formula is C12H14ClN5OS. The van der Waals surface area contributed by atoms with Crippen LogP contribution in [0.3, 0.4) is 0 Å². The zero-order valence-corrected chi connectivity index (χ0v) is 12.3. The highest BCUT2D eigenvalue weighted by molar-refractivity contribution is 7.09. The van der Waals surface area contributed by atoms with E-state index in [0.29, 0.717) is 31.7 Å². The molecule has 0 atom stereocenters. The number of rotatable bonds is 4. The lowest BCUT2D eigenvalue weighted by atomic mass is 10.4. The molecular weight excluding hydrogens is 298 g/mol. The first kappa shape index (κ1) is 13.5. The van der Waals surface area contributed by atoms with E-state index in [1.165, 1.54) is 4.88 Å². The third-order valence-electron chi connectivity index (χ3n) is 2.89. The van der Waals surface area contributed by atoms with Crippen molar-refractivity contribution >= 4 is 34.8 Å². The van der Waals surface area contributed by atoms with Crippen LogP contribution in [0.5, 0.6) is 0 Å². The van der Waals surface area contributed by atoms with Crippen LogP contribution in [0.15, 0.2) is 17.5 Å². The molecule has 1 aliphatic heterocycles. The topological polar surface area (TPSA) is 63.2 Å².